The second-order valence-electron chi connectivity index (χ2n) is 5.13. The van der Waals surface area contributed by atoms with Crippen molar-refractivity contribution in [3.63, 3.8) is 0 Å². The minimum absolute atomic E-state index is 0.0211. The van der Waals surface area contributed by atoms with Crippen LogP contribution < -0.4 is 4.74 Å². The third-order valence-electron chi connectivity index (χ3n) is 3.68. The van der Waals surface area contributed by atoms with Crippen LogP contribution in [0.2, 0.25) is 5.02 Å². The molecule has 5 nitrogen and oxygen atoms in total. The monoisotopic (exact) mass is 429 g/mol. The van der Waals surface area contributed by atoms with Crippen molar-refractivity contribution in [3.05, 3.63) is 57.7 Å². The number of ether oxygens (including phenoxy) is 1. The van der Waals surface area contributed by atoms with Crippen LogP contribution in [-0.2, 0) is 9.84 Å². The van der Waals surface area contributed by atoms with Crippen LogP contribution in [0, 0.1) is 0 Å². The Balaban J connectivity index is 2.10. The van der Waals surface area contributed by atoms with Gasteiger partial charge in [0, 0.05) is 32.2 Å². The number of H-pyrrole nitrogens is 1. The Morgan fingerprint density at radius 1 is 1.25 bits per heavy atom. The molecule has 0 saturated heterocycles. The number of methoxy groups -OCH3 is 1. The lowest BCUT2D eigenvalue weighted by Crippen LogP contribution is -2.13. The Labute approximate surface area is 152 Å². The molecule has 3 rings (SSSR count). The molecule has 126 valence electrons. The summed E-state index contributed by atoms with van der Waals surface area (Å²) in [4.78, 5) is 2.92. The molecule has 0 aliphatic rings. The molecule has 24 heavy (non-hydrogen) atoms. The fourth-order valence-electron chi connectivity index (χ4n) is 2.45. The summed E-state index contributed by atoms with van der Waals surface area (Å²) in [5, 5.41) is 11.5. The van der Waals surface area contributed by atoms with Gasteiger partial charge in [-0.25, -0.2) is 8.42 Å². The molecule has 1 unspecified atom stereocenters. The molecular formula is C16H13BrClNO4S. The normalized spacial score (nSPS) is 13.2. The molecule has 1 aromatic heterocycles. The molecule has 0 fully saturated rings. The van der Waals surface area contributed by atoms with Crippen LogP contribution in [0.1, 0.15) is 11.0 Å². The number of sulfone groups is 1. The van der Waals surface area contributed by atoms with E-state index in [2.05, 4.69) is 20.9 Å². The summed E-state index contributed by atoms with van der Waals surface area (Å²) in [6, 6.07) is 9.48. The number of aliphatic hydroxyl groups is 1. The van der Waals surface area contributed by atoms with E-state index in [1.807, 2.05) is 0 Å². The molecule has 0 bridgehead atoms. The van der Waals surface area contributed by atoms with E-state index in [1.54, 1.807) is 18.2 Å². The average molecular weight is 431 g/mol. The van der Waals surface area contributed by atoms with Gasteiger partial charge in [0.1, 0.15) is 5.75 Å². The summed E-state index contributed by atoms with van der Waals surface area (Å²) < 4.78 is 31.0. The SMILES string of the molecule is COc1ccc(S(=O)(=O)C(O)c2c[nH]c3ccc(Cl)cc23)c(Br)c1. The van der Waals surface area contributed by atoms with Gasteiger partial charge in [0.15, 0.2) is 5.44 Å². The van der Waals surface area contributed by atoms with E-state index in [-0.39, 0.29) is 10.5 Å². The number of aliphatic hydroxyl groups excluding tert-OH is 1. The summed E-state index contributed by atoms with van der Waals surface area (Å²) >= 11 is 9.19. The van der Waals surface area contributed by atoms with Gasteiger partial charge in [-0.1, -0.05) is 11.6 Å². The zero-order valence-electron chi connectivity index (χ0n) is 12.5. The topological polar surface area (TPSA) is 79.4 Å². The number of aromatic amines is 1. The second kappa shape index (κ2) is 6.40. The first kappa shape index (κ1) is 17.3. The molecule has 3 aromatic rings. The molecule has 8 heteroatoms. The number of benzene rings is 2. The summed E-state index contributed by atoms with van der Waals surface area (Å²) in [5.74, 6) is 0.509. The van der Waals surface area contributed by atoms with Crippen molar-refractivity contribution in [2.75, 3.05) is 7.11 Å². The van der Waals surface area contributed by atoms with Crippen LogP contribution in [0.4, 0.5) is 0 Å². The predicted octanol–water partition coefficient (Wildman–Crippen LogP) is 4.06. The number of aromatic nitrogens is 1. The van der Waals surface area contributed by atoms with Crippen LogP contribution in [-0.4, -0.2) is 25.6 Å². The number of rotatable bonds is 4. The lowest BCUT2D eigenvalue weighted by molar-refractivity contribution is 0.256. The van der Waals surface area contributed by atoms with Gasteiger partial charge >= 0.3 is 0 Å². The van der Waals surface area contributed by atoms with E-state index in [9.17, 15) is 13.5 Å². The maximum Gasteiger partial charge on any atom is 0.210 e. The van der Waals surface area contributed by atoms with Crippen molar-refractivity contribution >= 4 is 48.3 Å². The summed E-state index contributed by atoms with van der Waals surface area (Å²) in [5.41, 5.74) is -0.790. The van der Waals surface area contributed by atoms with Crippen LogP contribution in [0.3, 0.4) is 0 Å². The van der Waals surface area contributed by atoms with Gasteiger partial charge in [-0.05, 0) is 52.3 Å². The summed E-state index contributed by atoms with van der Waals surface area (Å²) in [7, 11) is -2.55. The fourth-order valence-corrected chi connectivity index (χ4v) is 5.01. The zero-order valence-corrected chi connectivity index (χ0v) is 15.6. The average Bonchev–Trinajstić information content (AvgIpc) is 2.96. The number of fused-ring (bicyclic) bond motifs is 1. The Bertz CT molecular complexity index is 1020. The molecule has 2 N–H and O–H groups in total. The third kappa shape index (κ3) is 2.93. The Morgan fingerprint density at radius 2 is 2.00 bits per heavy atom. The largest absolute Gasteiger partial charge is 0.497 e. The highest BCUT2D eigenvalue weighted by molar-refractivity contribution is 9.10. The molecular weight excluding hydrogens is 418 g/mol. The van der Waals surface area contributed by atoms with E-state index >= 15 is 0 Å². The minimum atomic E-state index is -4.03. The number of nitrogens with one attached hydrogen (secondary N) is 1. The molecule has 2 aromatic carbocycles. The maximum atomic E-state index is 12.8. The molecule has 0 aliphatic carbocycles. The Morgan fingerprint density at radius 3 is 2.67 bits per heavy atom. The van der Waals surface area contributed by atoms with Crippen LogP contribution >= 0.6 is 27.5 Å². The van der Waals surface area contributed by atoms with E-state index < -0.39 is 15.3 Å². The maximum absolute atomic E-state index is 12.8. The van der Waals surface area contributed by atoms with Crippen LogP contribution in [0.5, 0.6) is 5.75 Å². The van der Waals surface area contributed by atoms with Crippen molar-refractivity contribution in [1.82, 2.24) is 4.98 Å². The van der Waals surface area contributed by atoms with Gasteiger partial charge in [-0.15, -0.1) is 0 Å². The van der Waals surface area contributed by atoms with E-state index in [0.29, 0.717) is 26.1 Å². The molecule has 0 spiro atoms. The first-order chi connectivity index (χ1) is 11.3. The van der Waals surface area contributed by atoms with Crippen molar-refractivity contribution in [3.8, 4) is 5.75 Å². The molecule has 0 saturated carbocycles. The van der Waals surface area contributed by atoms with Crippen LogP contribution in [0.15, 0.2) is 52.0 Å². The Kier molecular flexibility index (Phi) is 4.61. The van der Waals surface area contributed by atoms with Gasteiger partial charge in [0.05, 0.1) is 12.0 Å². The van der Waals surface area contributed by atoms with E-state index in [0.717, 1.165) is 0 Å². The zero-order chi connectivity index (χ0) is 17.5. The number of hydrogen-bond donors (Lipinski definition) is 2. The Hall–Kier alpha value is -1.54. The highest BCUT2D eigenvalue weighted by Gasteiger charge is 2.31. The predicted molar refractivity (Wildman–Crippen MR) is 96.1 cm³/mol. The first-order valence-electron chi connectivity index (χ1n) is 6.86. The van der Waals surface area contributed by atoms with Crippen molar-refractivity contribution in [1.29, 1.82) is 0 Å². The number of hydrogen-bond acceptors (Lipinski definition) is 4. The molecule has 0 radical (unpaired) electrons. The molecule has 1 heterocycles. The summed E-state index contributed by atoms with van der Waals surface area (Å²) in [6.07, 6.45) is 1.47. The van der Waals surface area contributed by atoms with Gasteiger partial charge < -0.3 is 14.8 Å². The van der Waals surface area contributed by atoms with E-state index in [1.165, 1.54) is 31.5 Å². The molecule has 0 aliphatic heterocycles. The summed E-state index contributed by atoms with van der Waals surface area (Å²) in [6.45, 7) is 0. The van der Waals surface area contributed by atoms with Crippen molar-refractivity contribution in [2.24, 2.45) is 0 Å². The quantitative estimate of drug-likeness (QED) is 0.654. The lowest BCUT2D eigenvalue weighted by atomic mass is 10.2. The van der Waals surface area contributed by atoms with Gasteiger partial charge in [0.2, 0.25) is 9.84 Å². The van der Waals surface area contributed by atoms with Gasteiger partial charge in [-0.3, -0.25) is 0 Å². The van der Waals surface area contributed by atoms with E-state index in [4.69, 9.17) is 16.3 Å². The molecule has 1 atom stereocenters. The number of halogens is 2. The standard InChI is InChI=1S/C16H13BrClNO4S/c1-23-10-3-5-15(13(17)7-10)24(21,22)16(20)12-8-19-14-4-2-9(18)6-11(12)14/h2-8,16,19-20H,1H3. The smallest absolute Gasteiger partial charge is 0.210 e. The van der Waals surface area contributed by atoms with Gasteiger partial charge in [-0.2, -0.15) is 0 Å². The fraction of sp³-hybridized carbons (Fsp3) is 0.125. The third-order valence-corrected chi connectivity index (χ3v) is 6.65. The highest BCUT2D eigenvalue weighted by atomic mass is 79.9. The highest BCUT2D eigenvalue weighted by Crippen LogP contribution is 2.36. The lowest BCUT2D eigenvalue weighted by Gasteiger charge is -2.14. The van der Waals surface area contributed by atoms with Crippen molar-refractivity contribution in [2.45, 2.75) is 10.3 Å². The molecule has 0 amide bonds. The first-order valence-corrected chi connectivity index (χ1v) is 9.58. The van der Waals surface area contributed by atoms with Crippen molar-refractivity contribution < 1.29 is 18.3 Å². The minimum Gasteiger partial charge on any atom is -0.497 e. The van der Waals surface area contributed by atoms with Crippen LogP contribution in [0.25, 0.3) is 10.9 Å². The van der Waals surface area contributed by atoms with Gasteiger partial charge in [0.25, 0.3) is 0 Å². The second-order valence-corrected chi connectivity index (χ2v) is 8.39.